The molecule has 7 heteroatoms. The first-order valence-electron chi connectivity index (χ1n) is 10.5. The first kappa shape index (κ1) is 26.1. The molecule has 0 aliphatic carbocycles. The third-order valence-corrected chi connectivity index (χ3v) is 5.61. The van der Waals surface area contributed by atoms with Gasteiger partial charge in [-0.05, 0) is 50.8 Å². The molecule has 0 saturated heterocycles. The van der Waals surface area contributed by atoms with E-state index in [1.807, 2.05) is 52.8 Å². The second-order valence-electron chi connectivity index (χ2n) is 7.31. The zero-order chi connectivity index (χ0) is 22.7. The van der Waals surface area contributed by atoms with Gasteiger partial charge >= 0.3 is 0 Å². The molecule has 0 unspecified atom stereocenters. The zero-order valence-corrected chi connectivity index (χ0v) is 19.7. The van der Waals surface area contributed by atoms with Gasteiger partial charge in [-0.2, -0.15) is 0 Å². The van der Waals surface area contributed by atoms with Crippen molar-refractivity contribution in [2.24, 2.45) is 11.7 Å². The summed E-state index contributed by atoms with van der Waals surface area (Å²) in [5.74, 6) is -0.510. The van der Waals surface area contributed by atoms with Gasteiger partial charge in [-0.15, -0.1) is 11.3 Å². The SMILES string of the molecule is C=Cc1cc(C(=O)N(CCC(OCC)OCC)[C@@H](CC(C)C)C(N)=O)sc1/C=C\C. The van der Waals surface area contributed by atoms with Crippen molar-refractivity contribution in [2.75, 3.05) is 19.8 Å². The summed E-state index contributed by atoms with van der Waals surface area (Å²) in [6, 6.07) is 1.12. The highest BCUT2D eigenvalue weighted by Gasteiger charge is 2.31. The minimum Gasteiger partial charge on any atom is -0.368 e. The van der Waals surface area contributed by atoms with Gasteiger partial charge in [-0.1, -0.05) is 32.6 Å². The Morgan fingerprint density at radius 3 is 2.37 bits per heavy atom. The van der Waals surface area contributed by atoms with E-state index in [4.69, 9.17) is 15.2 Å². The van der Waals surface area contributed by atoms with Gasteiger partial charge in [0.15, 0.2) is 6.29 Å². The van der Waals surface area contributed by atoms with Crippen LogP contribution in [0.25, 0.3) is 12.2 Å². The quantitative estimate of drug-likeness (QED) is 0.434. The normalized spacial score (nSPS) is 12.6. The number of allylic oxidation sites excluding steroid dienone is 1. The maximum Gasteiger partial charge on any atom is 0.264 e. The molecule has 0 saturated carbocycles. The van der Waals surface area contributed by atoms with Gasteiger partial charge in [0.2, 0.25) is 5.91 Å². The lowest BCUT2D eigenvalue weighted by atomic mass is 10.0. The van der Waals surface area contributed by atoms with Crippen LogP contribution < -0.4 is 5.73 Å². The largest absolute Gasteiger partial charge is 0.368 e. The average Bonchev–Trinajstić information content (AvgIpc) is 3.10. The average molecular weight is 437 g/mol. The Hall–Kier alpha value is -1.96. The highest BCUT2D eigenvalue weighted by atomic mass is 32.1. The van der Waals surface area contributed by atoms with Crippen molar-refractivity contribution in [3.05, 3.63) is 34.0 Å². The molecule has 0 fully saturated rings. The van der Waals surface area contributed by atoms with Gasteiger partial charge in [0.1, 0.15) is 6.04 Å². The minimum atomic E-state index is -0.694. The summed E-state index contributed by atoms with van der Waals surface area (Å²) in [6.45, 7) is 14.9. The Labute approximate surface area is 184 Å². The van der Waals surface area contributed by atoms with Gasteiger partial charge in [0, 0.05) is 31.1 Å². The molecule has 1 aromatic heterocycles. The van der Waals surface area contributed by atoms with E-state index in [1.54, 1.807) is 11.0 Å². The van der Waals surface area contributed by atoms with Crippen LogP contribution in [0.2, 0.25) is 0 Å². The van der Waals surface area contributed by atoms with E-state index < -0.39 is 18.2 Å². The van der Waals surface area contributed by atoms with Gasteiger partial charge in [-0.25, -0.2) is 0 Å². The van der Waals surface area contributed by atoms with E-state index in [1.165, 1.54) is 11.3 Å². The van der Waals surface area contributed by atoms with Crippen molar-refractivity contribution in [2.45, 2.75) is 59.8 Å². The number of amides is 2. The van der Waals surface area contributed by atoms with Crippen LogP contribution in [0.4, 0.5) is 0 Å². The predicted octanol–water partition coefficient (Wildman–Crippen LogP) is 4.56. The van der Waals surface area contributed by atoms with Crippen LogP contribution in [0.1, 0.15) is 67.6 Å². The van der Waals surface area contributed by atoms with Gasteiger partial charge < -0.3 is 20.1 Å². The van der Waals surface area contributed by atoms with Crippen LogP contribution in [0, 0.1) is 5.92 Å². The molecular weight excluding hydrogens is 400 g/mol. The Morgan fingerprint density at radius 2 is 1.90 bits per heavy atom. The van der Waals surface area contributed by atoms with Gasteiger partial charge in [0.05, 0.1) is 4.88 Å². The van der Waals surface area contributed by atoms with Crippen LogP contribution in [0.5, 0.6) is 0 Å². The molecule has 0 aliphatic heterocycles. The fourth-order valence-corrected chi connectivity index (χ4v) is 4.27. The van der Waals surface area contributed by atoms with Crippen LogP contribution in [0.3, 0.4) is 0 Å². The van der Waals surface area contributed by atoms with Crippen molar-refractivity contribution >= 4 is 35.3 Å². The first-order chi connectivity index (χ1) is 14.3. The number of carbonyl (C=O) groups is 2. The molecule has 0 radical (unpaired) electrons. The molecule has 1 atom stereocenters. The summed E-state index contributed by atoms with van der Waals surface area (Å²) in [5, 5.41) is 0. The standard InChI is InChI=1S/C23H36N2O4S/c1-7-11-19-17(8-2)15-20(30-19)23(27)25(18(22(24)26)14-16(5)6)13-12-21(28-9-3)29-10-4/h7-8,11,15-16,18,21H,2,9-10,12-14H2,1,3-6H3,(H2,24,26)/b11-7-/t18-/m0/s1. The summed E-state index contributed by atoms with van der Waals surface area (Å²) in [5.41, 5.74) is 6.61. The lowest BCUT2D eigenvalue weighted by Crippen LogP contribution is -2.49. The molecule has 0 bridgehead atoms. The molecule has 2 N–H and O–H groups in total. The molecule has 168 valence electrons. The Kier molecular flexibility index (Phi) is 11.6. The molecule has 0 aromatic carbocycles. The van der Waals surface area contributed by atoms with Crippen molar-refractivity contribution in [3.8, 4) is 0 Å². The summed E-state index contributed by atoms with van der Waals surface area (Å²) >= 11 is 1.38. The fourth-order valence-electron chi connectivity index (χ4n) is 3.18. The summed E-state index contributed by atoms with van der Waals surface area (Å²) < 4.78 is 11.2. The number of nitrogens with zero attached hydrogens (tertiary/aromatic N) is 1. The highest BCUT2D eigenvalue weighted by Crippen LogP contribution is 2.28. The third kappa shape index (κ3) is 7.70. The van der Waals surface area contributed by atoms with E-state index in [0.29, 0.717) is 37.5 Å². The van der Waals surface area contributed by atoms with E-state index in [2.05, 4.69) is 6.58 Å². The first-order valence-corrected chi connectivity index (χ1v) is 11.3. The molecule has 2 amide bonds. The van der Waals surface area contributed by atoms with Gasteiger partial charge in [0.25, 0.3) is 5.91 Å². The zero-order valence-electron chi connectivity index (χ0n) is 18.8. The molecular formula is C23H36N2O4S. The lowest BCUT2D eigenvalue weighted by Gasteiger charge is -2.31. The predicted molar refractivity (Wildman–Crippen MR) is 124 cm³/mol. The van der Waals surface area contributed by atoms with Crippen LogP contribution in [-0.4, -0.2) is 48.8 Å². The molecule has 1 aromatic rings. The molecule has 0 aliphatic rings. The van der Waals surface area contributed by atoms with Crippen LogP contribution in [0.15, 0.2) is 18.7 Å². The fraction of sp³-hybridized carbons (Fsp3) is 0.565. The Bertz CT molecular complexity index is 721. The van der Waals surface area contributed by atoms with E-state index >= 15 is 0 Å². The number of carbonyl (C=O) groups excluding carboxylic acids is 2. The molecule has 30 heavy (non-hydrogen) atoms. The minimum absolute atomic E-state index is 0.207. The molecule has 1 rings (SSSR count). The Morgan fingerprint density at radius 1 is 1.27 bits per heavy atom. The molecule has 0 spiro atoms. The van der Waals surface area contributed by atoms with Gasteiger partial charge in [-0.3, -0.25) is 9.59 Å². The number of rotatable bonds is 14. The van der Waals surface area contributed by atoms with Crippen LogP contribution >= 0.6 is 11.3 Å². The smallest absolute Gasteiger partial charge is 0.264 e. The number of ether oxygens (including phenoxy) is 2. The number of thiophene rings is 1. The van der Waals surface area contributed by atoms with Crippen molar-refractivity contribution in [1.82, 2.24) is 4.90 Å². The molecule has 1 heterocycles. The van der Waals surface area contributed by atoms with Crippen molar-refractivity contribution in [1.29, 1.82) is 0 Å². The second kappa shape index (κ2) is 13.4. The monoisotopic (exact) mass is 436 g/mol. The van der Waals surface area contributed by atoms with Crippen molar-refractivity contribution < 1.29 is 19.1 Å². The van der Waals surface area contributed by atoms with Crippen molar-refractivity contribution in [3.63, 3.8) is 0 Å². The summed E-state index contributed by atoms with van der Waals surface area (Å²) in [7, 11) is 0. The lowest BCUT2D eigenvalue weighted by molar-refractivity contribution is -0.142. The highest BCUT2D eigenvalue weighted by molar-refractivity contribution is 7.15. The Balaban J connectivity index is 3.24. The summed E-state index contributed by atoms with van der Waals surface area (Å²) in [6.07, 6.45) is 6.11. The van der Waals surface area contributed by atoms with E-state index in [0.717, 1.165) is 10.4 Å². The maximum atomic E-state index is 13.5. The number of nitrogens with two attached hydrogens (primary N) is 1. The maximum absolute atomic E-state index is 13.5. The molecule has 6 nitrogen and oxygen atoms in total. The van der Waals surface area contributed by atoms with Crippen LogP contribution in [-0.2, 0) is 14.3 Å². The number of hydrogen-bond donors (Lipinski definition) is 1. The topological polar surface area (TPSA) is 81.9 Å². The van der Waals surface area contributed by atoms with E-state index in [-0.39, 0.29) is 11.8 Å². The van der Waals surface area contributed by atoms with E-state index in [9.17, 15) is 9.59 Å². The summed E-state index contributed by atoms with van der Waals surface area (Å²) in [4.78, 5) is 28.8. The second-order valence-corrected chi connectivity index (χ2v) is 8.39. The third-order valence-electron chi connectivity index (χ3n) is 4.51. The number of hydrogen-bond acceptors (Lipinski definition) is 5. The number of primary amides is 1.